The van der Waals surface area contributed by atoms with Crippen molar-refractivity contribution in [1.82, 2.24) is 14.5 Å². The Bertz CT molecular complexity index is 874. The average Bonchev–Trinajstić information content (AvgIpc) is 3.04. The van der Waals surface area contributed by atoms with Gasteiger partial charge in [0.25, 0.3) is 0 Å². The molecule has 4 amide bonds. The van der Waals surface area contributed by atoms with E-state index >= 15 is 0 Å². The number of likely N-dealkylation sites (tertiary alicyclic amines) is 1. The summed E-state index contributed by atoms with van der Waals surface area (Å²) in [6.07, 6.45) is 1.83. The molecule has 1 aromatic carbocycles. The lowest BCUT2D eigenvalue weighted by molar-refractivity contribution is -0.121. The summed E-state index contributed by atoms with van der Waals surface area (Å²) in [4.78, 5) is 40.0. The molecular weight excluding hydrogens is 396 g/mol. The number of nitrogens with one attached hydrogen (secondary N) is 1. The van der Waals surface area contributed by atoms with Crippen molar-refractivity contribution in [2.24, 2.45) is 5.92 Å². The second kappa shape index (κ2) is 8.50. The standard InChI is InChI=1S/C19H26N4O5S/c1-21(2)19(26)22-11-9-14(10-12-22)13-20-29(27,28)16-5-3-15(4-6-16)23-17(24)7-8-18(23)25/h3-6,14,20H,7-13H2,1-2H3. The lowest BCUT2D eigenvalue weighted by Gasteiger charge is -2.33. The highest BCUT2D eigenvalue weighted by Crippen LogP contribution is 2.24. The molecular formula is C19H26N4O5S. The minimum Gasteiger partial charge on any atom is -0.331 e. The average molecular weight is 423 g/mol. The van der Waals surface area contributed by atoms with E-state index in [0.717, 1.165) is 17.7 Å². The van der Waals surface area contributed by atoms with E-state index in [0.29, 0.717) is 25.3 Å². The molecule has 1 N–H and O–H groups in total. The van der Waals surface area contributed by atoms with Gasteiger partial charge < -0.3 is 9.80 Å². The van der Waals surface area contributed by atoms with E-state index in [2.05, 4.69) is 4.72 Å². The largest absolute Gasteiger partial charge is 0.331 e. The van der Waals surface area contributed by atoms with E-state index < -0.39 is 10.0 Å². The highest BCUT2D eigenvalue weighted by molar-refractivity contribution is 7.89. The van der Waals surface area contributed by atoms with Crippen molar-refractivity contribution in [3.05, 3.63) is 24.3 Å². The number of sulfonamides is 1. The molecule has 3 rings (SSSR count). The van der Waals surface area contributed by atoms with Crippen LogP contribution in [-0.4, -0.2) is 69.8 Å². The molecule has 2 heterocycles. The maximum Gasteiger partial charge on any atom is 0.319 e. The molecule has 29 heavy (non-hydrogen) atoms. The topological polar surface area (TPSA) is 107 Å². The molecule has 10 heteroatoms. The summed E-state index contributed by atoms with van der Waals surface area (Å²) in [6, 6.07) is 5.71. The third-order valence-corrected chi connectivity index (χ3v) is 6.73. The number of hydrogen-bond donors (Lipinski definition) is 1. The fraction of sp³-hybridized carbons (Fsp3) is 0.526. The van der Waals surface area contributed by atoms with Crippen LogP contribution in [0.2, 0.25) is 0 Å². The zero-order chi connectivity index (χ0) is 21.2. The van der Waals surface area contributed by atoms with E-state index in [9.17, 15) is 22.8 Å². The Balaban J connectivity index is 1.56. The summed E-state index contributed by atoms with van der Waals surface area (Å²) in [6.45, 7) is 1.52. The minimum absolute atomic E-state index is 0.0286. The number of amides is 4. The zero-order valence-electron chi connectivity index (χ0n) is 16.6. The highest BCUT2D eigenvalue weighted by Gasteiger charge is 2.30. The van der Waals surface area contributed by atoms with Gasteiger partial charge in [0.15, 0.2) is 0 Å². The quantitative estimate of drug-likeness (QED) is 0.713. The van der Waals surface area contributed by atoms with Crippen molar-refractivity contribution in [3.8, 4) is 0 Å². The number of carbonyl (C=O) groups is 3. The molecule has 0 aromatic heterocycles. The van der Waals surface area contributed by atoms with Gasteiger partial charge in [-0.1, -0.05) is 0 Å². The summed E-state index contributed by atoms with van der Waals surface area (Å²) in [5.74, 6) is -0.388. The lowest BCUT2D eigenvalue weighted by atomic mass is 9.97. The number of carbonyl (C=O) groups excluding carboxylic acids is 3. The lowest BCUT2D eigenvalue weighted by Crippen LogP contribution is -2.45. The van der Waals surface area contributed by atoms with Crippen molar-refractivity contribution in [2.45, 2.75) is 30.6 Å². The maximum absolute atomic E-state index is 12.6. The van der Waals surface area contributed by atoms with Crippen molar-refractivity contribution in [2.75, 3.05) is 38.6 Å². The predicted molar refractivity (Wildman–Crippen MR) is 107 cm³/mol. The molecule has 9 nitrogen and oxygen atoms in total. The third kappa shape index (κ3) is 4.76. The smallest absolute Gasteiger partial charge is 0.319 e. The minimum atomic E-state index is -3.70. The van der Waals surface area contributed by atoms with Crippen molar-refractivity contribution in [1.29, 1.82) is 0 Å². The number of anilines is 1. The van der Waals surface area contributed by atoms with Crippen LogP contribution in [0.3, 0.4) is 0 Å². The Kier molecular flexibility index (Phi) is 6.23. The van der Waals surface area contributed by atoms with E-state index in [1.54, 1.807) is 19.0 Å². The van der Waals surface area contributed by atoms with Gasteiger partial charge in [0.05, 0.1) is 10.6 Å². The number of nitrogens with zero attached hydrogens (tertiary/aromatic N) is 3. The molecule has 0 spiro atoms. The summed E-state index contributed by atoms with van der Waals surface area (Å²) in [5.41, 5.74) is 0.384. The predicted octanol–water partition coefficient (Wildman–Crippen LogP) is 1.01. The van der Waals surface area contributed by atoms with Crippen LogP contribution in [0.15, 0.2) is 29.2 Å². The van der Waals surface area contributed by atoms with Gasteiger partial charge in [-0.25, -0.2) is 17.9 Å². The molecule has 2 saturated heterocycles. The second-order valence-electron chi connectivity index (χ2n) is 7.58. The van der Waals surface area contributed by atoms with Crippen LogP contribution in [0.4, 0.5) is 10.5 Å². The number of rotatable bonds is 5. The van der Waals surface area contributed by atoms with Crippen LogP contribution >= 0.6 is 0 Å². The Morgan fingerprint density at radius 1 is 1.07 bits per heavy atom. The molecule has 2 aliphatic heterocycles. The number of urea groups is 1. The molecule has 0 radical (unpaired) electrons. The summed E-state index contributed by atoms with van der Waals surface area (Å²) in [7, 11) is -0.274. The van der Waals surface area contributed by atoms with Gasteiger partial charge in [0.1, 0.15) is 0 Å². The van der Waals surface area contributed by atoms with Crippen LogP contribution in [0.25, 0.3) is 0 Å². The van der Waals surface area contributed by atoms with Gasteiger partial charge in [0, 0.05) is 46.6 Å². The van der Waals surface area contributed by atoms with Gasteiger partial charge in [-0.15, -0.1) is 0 Å². The van der Waals surface area contributed by atoms with Crippen LogP contribution < -0.4 is 9.62 Å². The van der Waals surface area contributed by atoms with Gasteiger partial charge in [-0.05, 0) is 43.0 Å². The van der Waals surface area contributed by atoms with Crippen molar-refractivity contribution >= 4 is 33.6 Å². The van der Waals surface area contributed by atoms with Crippen molar-refractivity contribution in [3.63, 3.8) is 0 Å². The number of imide groups is 1. The molecule has 0 bridgehead atoms. The second-order valence-corrected chi connectivity index (χ2v) is 9.34. The van der Waals surface area contributed by atoms with Gasteiger partial charge in [-0.3, -0.25) is 14.5 Å². The van der Waals surface area contributed by atoms with Crippen LogP contribution in [0.1, 0.15) is 25.7 Å². The normalized spacial score (nSPS) is 18.4. The summed E-state index contributed by atoms with van der Waals surface area (Å²) < 4.78 is 27.8. The molecule has 0 atom stereocenters. The Morgan fingerprint density at radius 3 is 2.14 bits per heavy atom. The first-order chi connectivity index (χ1) is 13.7. The molecule has 0 unspecified atom stereocenters. The van der Waals surface area contributed by atoms with Gasteiger partial charge >= 0.3 is 6.03 Å². The monoisotopic (exact) mass is 422 g/mol. The molecule has 0 saturated carbocycles. The fourth-order valence-corrected chi connectivity index (χ4v) is 4.68. The SMILES string of the molecule is CN(C)C(=O)N1CCC(CNS(=O)(=O)c2ccc(N3C(=O)CCC3=O)cc2)CC1. The Labute approximate surface area is 170 Å². The molecule has 1 aromatic rings. The van der Waals surface area contributed by atoms with Crippen LogP contribution in [-0.2, 0) is 19.6 Å². The first-order valence-corrected chi connectivity index (χ1v) is 11.1. The Morgan fingerprint density at radius 2 is 1.62 bits per heavy atom. The number of benzene rings is 1. The van der Waals surface area contributed by atoms with E-state index in [1.807, 2.05) is 0 Å². The van der Waals surface area contributed by atoms with Crippen molar-refractivity contribution < 1.29 is 22.8 Å². The number of piperidine rings is 1. The fourth-order valence-electron chi connectivity index (χ4n) is 3.56. The molecule has 0 aliphatic carbocycles. The highest BCUT2D eigenvalue weighted by atomic mass is 32.2. The number of hydrogen-bond acceptors (Lipinski definition) is 5. The summed E-state index contributed by atoms with van der Waals surface area (Å²) in [5, 5.41) is 0. The first kappa shape index (κ1) is 21.3. The van der Waals surface area contributed by atoms with E-state index in [-0.39, 0.29) is 41.5 Å². The first-order valence-electron chi connectivity index (χ1n) is 9.61. The Hall–Kier alpha value is -2.46. The van der Waals surface area contributed by atoms with Crippen LogP contribution in [0, 0.1) is 5.92 Å². The maximum atomic E-state index is 12.6. The van der Waals surface area contributed by atoms with Gasteiger partial charge in [0.2, 0.25) is 21.8 Å². The van der Waals surface area contributed by atoms with E-state index in [1.165, 1.54) is 29.2 Å². The molecule has 158 valence electrons. The molecule has 2 fully saturated rings. The van der Waals surface area contributed by atoms with Gasteiger partial charge in [-0.2, -0.15) is 0 Å². The third-order valence-electron chi connectivity index (χ3n) is 5.29. The zero-order valence-corrected chi connectivity index (χ0v) is 17.4. The summed E-state index contributed by atoms with van der Waals surface area (Å²) >= 11 is 0. The van der Waals surface area contributed by atoms with Crippen LogP contribution in [0.5, 0.6) is 0 Å². The molecule has 2 aliphatic rings. The van der Waals surface area contributed by atoms with E-state index in [4.69, 9.17) is 0 Å².